The Labute approximate surface area is 124 Å². The molecular formula is C15H19N5O. The summed E-state index contributed by atoms with van der Waals surface area (Å²) in [5.41, 5.74) is 2.07. The molecule has 110 valence electrons. The van der Waals surface area contributed by atoms with Crippen molar-refractivity contribution < 1.29 is 4.74 Å². The fourth-order valence-electron chi connectivity index (χ4n) is 2.49. The normalized spacial score (nSPS) is 18.7. The molecule has 6 heteroatoms. The minimum absolute atomic E-state index is 0.192. The number of anilines is 1. The Hall–Kier alpha value is -2.08. The van der Waals surface area contributed by atoms with Gasteiger partial charge in [-0.15, -0.1) is 0 Å². The van der Waals surface area contributed by atoms with Crippen LogP contribution in [0.4, 0.5) is 5.95 Å². The van der Waals surface area contributed by atoms with Crippen molar-refractivity contribution in [3.63, 3.8) is 0 Å². The second-order valence-corrected chi connectivity index (χ2v) is 5.18. The fourth-order valence-corrected chi connectivity index (χ4v) is 2.49. The van der Waals surface area contributed by atoms with E-state index < -0.39 is 0 Å². The van der Waals surface area contributed by atoms with Gasteiger partial charge in [-0.3, -0.25) is 0 Å². The summed E-state index contributed by atoms with van der Waals surface area (Å²) in [6.07, 6.45) is 7.21. The number of aromatic nitrogens is 4. The highest BCUT2D eigenvalue weighted by Gasteiger charge is 2.22. The van der Waals surface area contributed by atoms with E-state index in [4.69, 9.17) is 4.74 Å². The molecule has 1 saturated heterocycles. The van der Waals surface area contributed by atoms with Crippen LogP contribution in [0.3, 0.4) is 0 Å². The Morgan fingerprint density at radius 2 is 2.10 bits per heavy atom. The maximum absolute atomic E-state index is 5.84. The summed E-state index contributed by atoms with van der Waals surface area (Å²) in [5, 5.41) is 0. The lowest BCUT2D eigenvalue weighted by Gasteiger charge is -2.32. The molecule has 0 radical (unpaired) electrons. The van der Waals surface area contributed by atoms with Gasteiger partial charge in [0, 0.05) is 36.9 Å². The molecule has 2 aromatic heterocycles. The van der Waals surface area contributed by atoms with Crippen LogP contribution in [-0.4, -0.2) is 45.7 Å². The molecule has 21 heavy (non-hydrogen) atoms. The molecule has 3 heterocycles. The first kappa shape index (κ1) is 13.9. The van der Waals surface area contributed by atoms with Crippen molar-refractivity contribution in [2.45, 2.75) is 25.9 Å². The lowest BCUT2D eigenvalue weighted by molar-refractivity contribution is 0.0348. The Morgan fingerprint density at radius 3 is 2.90 bits per heavy atom. The van der Waals surface area contributed by atoms with E-state index in [0.717, 1.165) is 43.3 Å². The lowest BCUT2D eigenvalue weighted by Crippen LogP contribution is -2.43. The standard InChI is InChI=1S/C15H19N5O/c1-12-9-13(19-11-18-12)3-4-14-10-20(7-8-21-14)15-16-5-2-6-17-15/h2,5-6,9,11,14H,3-4,7-8,10H2,1H3. The topological polar surface area (TPSA) is 64.0 Å². The van der Waals surface area contributed by atoms with E-state index in [1.165, 1.54) is 0 Å². The van der Waals surface area contributed by atoms with Gasteiger partial charge in [0.15, 0.2) is 0 Å². The number of hydrogen-bond acceptors (Lipinski definition) is 6. The van der Waals surface area contributed by atoms with Crippen LogP contribution in [0.25, 0.3) is 0 Å². The number of nitrogens with zero attached hydrogens (tertiary/aromatic N) is 5. The van der Waals surface area contributed by atoms with Crippen LogP contribution in [-0.2, 0) is 11.2 Å². The summed E-state index contributed by atoms with van der Waals surface area (Å²) < 4.78 is 5.84. The van der Waals surface area contributed by atoms with Crippen LogP contribution < -0.4 is 4.90 Å². The number of morpholine rings is 1. The lowest BCUT2D eigenvalue weighted by atomic mass is 10.1. The van der Waals surface area contributed by atoms with Crippen molar-refractivity contribution in [2.24, 2.45) is 0 Å². The maximum atomic E-state index is 5.84. The zero-order valence-electron chi connectivity index (χ0n) is 12.1. The molecule has 0 aliphatic carbocycles. The van der Waals surface area contributed by atoms with E-state index >= 15 is 0 Å². The van der Waals surface area contributed by atoms with Gasteiger partial charge in [0.2, 0.25) is 5.95 Å². The molecular weight excluding hydrogens is 266 g/mol. The van der Waals surface area contributed by atoms with E-state index in [1.807, 2.05) is 19.1 Å². The fraction of sp³-hybridized carbons (Fsp3) is 0.467. The Kier molecular flexibility index (Phi) is 4.35. The molecule has 1 aliphatic rings. The number of rotatable bonds is 4. The van der Waals surface area contributed by atoms with Crippen molar-refractivity contribution in [1.29, 1.82) is 0 Å². The van der Waals surface area contributed by atoms with Crippen LogP contribution in [0, 0.1) is 6.92 Å². The number of ether oxygens (including phenoxy) is 1. The van der Waals surface area contributed by atoms with E-state index in [0.29, 0.717) is 6.61 Å². The average Bonchev–Trinajstić information content (AvgIpc) is 2.54. The van der Waals surface area contributed by atoms with Gasteiger partial charge < -0.3 is 9.64 Å². The van der Waals surface area contributed by atoms with Gasteiger partial charge in [-0.25, -0.2) is 19.9 Å². The summed E-state index contributed by atoms with van der Waals surface area (Å²) in [6, 6.07) is 3.86. The van der Waals surface area contributed by atoms with Crippen molar-refractivity contribution in [2.75, 3.05) is 24.6 Å². The summed E-state index contributed by atoms with van der Waals surface area (Å²) in [7, 11) is 0. The van der Waals surface area contributed by atoms with E-state index in [9.17, 15) is 0 Å². The SMILES string of the molecule is Cc1cc(CCC2CN(c3ncccn3)CCO2)ncn1. The van der Waals surface area contributed by atoms with Crippen molar-refractivity contribution >= 4 is 5.95 Å². The summed E-state index contributed by atoms with van der Waals surface area (Å²) >= 11 is 0. The quantitative estimate of drug-likeness (QED) is 0.846. The second-order valence-electron chi connectivity index (χ2n) is 5.18. The molecule has 0 aromatic carbocycles. The van der Waals surface area contributed by atoms with E-state index in [1.54, 1.807) is 18.7 Å². The highest BCUT2D eigenvalue weighted by molar-refractivity contribution is 5.29. The molecule has 6 nitrogen and oxygen atoms in total. The van der Waals surface area contributed by atoms with Crippen molar-refractivity contribution in [3.8, 4) is 0 Å². The average molecular weight is 285 g/mol. The van der Waals surface area contributed by atoms with Crippen molar-refractivity contribution in [1.82, 2.24) is 19.9 Å². The largest absolute Gasteiger partial charge is 0.375 e. The third-order valence-electron chi connectivity index (χ3n) is 3.56. The predicted molar refractivity (Wildman–Crippen MR) is 79.1 cm³/mol. The summed E-state index contributed by atoms with van der Waals surface area (Å²) in [6.45, 7) is 4.36. The first-order chi connectivity index (χ1) is 10.3. The van der Waals surface area contributed by atoms with E-state index in [2.05, 4.69) is 24.8 Å². The molecule has 0 N–H and O–H groups in total. The van der Waals surface area contributed by atoms with Crippen LogP contribution in [0.5, 0.6) is 0 Å². The van der Waals surface area contributed by atoms with Gasteiger partial charge in [-0.05, 0) is 31.9 Å². The Balaban J connectivity index is 1.57. The molecule has 0 bridgehead atoms. The van der Waals surface area contributed by atoms with Crippen LogP contribution in [0.2, 0.25) is 0 Å². The smallest absolute Gasteiger partial charge is 0.225 e. The molecule has 0 spiro atoms. The first-order valence-electron chi connectivity index (χ1n) is 7.22. The van der Waals surface area contributed by atoms with Gasteiger partial charge in [0.05, 0.1) is 12.7 Å². The van der Waals surface area contributed by atoms with Gasteiger partial charge in [0.1, 0.15) is 6.33 Å². The summed E-state index contributed by atoms with van der Waals surface area (Å²) in [4.78, 5) is 19.2. The predicted octanol–water partition coefficient (Wildman–Crippen LogP) is 1.41. The van der Waals surface area contributed by atoms with Crippen LogP contribution in [0.15, 0.2) is 30.9 Å². The highest BCUT2D eigenvalue weighted by atomic mass is 16.5. The number of hydrogen-bond donors (Lipinski definition) is 0. The van der Waals surface area contributed by atoms with Gasteiger partial charge in [-0.2, -0.15) is 0 Å². The van der Waals surface area contributed by atoms with Gasteiger partial charge >= 0.3 is 0 Å². The second kappa shape index (κ2) is 6.58. The maximum Gasteiger partial charge on any atom is 0.225 e. The number of aryl methyl sites for hydroxylation is 2. The Morgan fingerprint density at radius 1 is 1.24 bits per heavy atom. The molecule has 1 unspecified atom stereocenters. The molecule has 3 rings (SSSR count). The monoisotopic (exact) mass is 285 g/mol. The third-order valence-corrected chi connectivity index (χ3v) is 3.56. The summed E-state index contributed by atoms with van der Waals surface area (Å²) in [5.74, 6) is 0.781. The van der Waals surface area contributed by atoms with Crippen molar-refractivity contribution in [3.05, 3.63) is 42.2 Å². The molecule has 1 aliphatic heterocycles. The molecule has 0 amide bonds. The third kappa shape index (κ3) is 3.72. The molecule has 2 aromatic rings. The van der Waals surface area contributed by atoms with Gasteiger partial charge in [-0.1, -0.05) is 0 Å². The zero-order valence-corrected chi connectivity index (χ0v) is 12.1. The van der Waals surface area contributed by atoms with Crippen LogP contribution >= 0.6 is 0 Å². The van der Waals surface area contributed by atoms with E-state index in [-0.39, 0.29) is 6.10 Å². The highest BCUT2D eigenvalue weighted by Crippen LogP contribution is 2.15. The van der Waals surface area contributed by atoms with Crippen LogP contribution in [0.1, 0.15) is 17.8 Å². The minimum atomic E-state index is 0.192. The Bertz CT molecular complexity index is 577. The minimum Gasteiger partial charge on any atom is -0.375 e. The molecule has 0 saturated carbocycles. The molecule has 1 atom stereocenters. The zero-order chi connectivity index (χ0) is 14.5. The first-order valence-corrected chi connectivity index (χ1v) is 7.22. The van der Waals surface area contributed by atoms with Gasteiger partial charge in [0.25, 0.3) is 0 Å². The molecule has 1 fully saturated rings.